The Labute approximate surface area is 345 Å². The molecule has 0 saturated heterocycles. The van der Waals surface area contributed by atoms with E-state index >= 15 is 0 Å². The molecule has 0 radical (unpaired) electrons. The Balaban J connectivity index is 4.24. The summed E-state index contributed by atoms with van der Waals surface area (Å²) in [4.78, 5) is 35.6. The molecule has 0 bridgehead atoms. The first-order valence-electron chi connectivity index (χ1n) is 22.1. The van der Waals surface area contributed by atoms with Gasteiger partial charge in [0.2, 0.25) is 0 Å². The third-order valence-corrected chi connectivity index (χ3v) is 11.0. The van der Waals surface area contributed by atoms with Crippen molar-refractivity contribution in [3.05, 3.63) is 48.6 Å². The molecule has 324 valence electrons. The number of nitrogens with two attached hydrogens (primary N) is 1. The van der Waals surface area contributed by atoms with Gasteiger partial charge in [0.1, 0.15) is 25.4 Å². The average Bonchev–Trinajstić information content (AvgIpc) is 3.18. The second kappa shape index (κ2) is 40.8. The lowest BCUT2D eigenvalue weighted by molar-refractivity contribution is -0.153. The lowest BCUT2D eigenvalue weighted by atomic mass is 10.0. The standard InChI is InChI=1S/C46H81NO8S/c1-3-5-7-9-11-13-15-17-18-19-20-21-23-25-27-29-31-36-45(52)54-37-40(48)38-55-46(53)41(47)39-56-43(42(49)33-32-35-44(50)51)34-30-28-26-24-22-16-14-12-10-8-6-4-2/h12,14,22,24,26,28,30,34,40-43,48-49H,3-11,13,15-21,23,25,27,29,31-33,35-39,47H2,1-2H3,(H,50,51)/b14-12-,24-22-,28-26+,34-30+/t40-,41-,42-,43+/m0/s1. The lowest BCUT2D eigenvalue weighted by Gasteiger charge is -2.21. The fourth-order valence-corrected chi connectivity index (χ4v) is 7.18. The zero-order chi connectivity index (χ0) is 41.3. The summed E-state index contributed by atoms with van der Waals surface area (Å²) < 4.78 is 10.3. The number of aliphatic carboxylic acids is 1. The van der Waals surface area contributed by atoms with Crippen LogP contribution in [0.25, 0.3) is 0 Å². The number of aliphatic hydroxyl groups is 2. The molecule has 0 saturated carbocycles. The minimum Gasteiger partial charge on any atom is -0.481 e. The molecule has 0 aliphatic heterocycles. The predicted octanol–water partition coefficient (Wildman–Crippen LogP) is 10.7. The molecule has 10 heteroatoms. The van der Waals surface area contributed by atoms with Crippen molar-refractivity contribution in [3.8, 4) is 0 Å². The number of aliphatic hydroxyl groups excluding tert-OH is 2. The largest absolute Gasteiger partial charge is 0.481 e. The Bertz CT molecular complexity index is 1060. The first kappa shape index (κ1) is 53.6. The monoisotopic (exact) mass is 808 g/mol. The van der Waals surface area contributed by atoms with Gasteiger partial charge in [-0.3, -0.25) is 14.4 Å². The lowest BCUT2D eigenvalue weighted by Crippen LogP contribution is -2.38. The zero-order valence-corrected chi connectivity index (χ0v) is 36.1. The Morgan fingerprint density at radius 1 is 0.625 bits per heavy atom. The van der Waals surface area contributed by atoms with E-state index in [0.717, 1.165) is 32.1 Å². The van der Waals surface area contributed by atoms with Crippen molar-refractivity contribution in [2.45, 2.75) is 204 Å². The Morgan fingerprint density at radius 3 is 1.75 bits per heavy atom. The first-order valence-corrected chi connectivity index (χ1v) is 23.2. The van der Waals surface area contributed by atoms with Crippen molar-refractivity contribution in [2.24, 2.45) is 5.73 Å². The molecule has 0 aliphatic carbocycles. The Morgan fingerprint density at radius 2 is 1.16 bits per heavy atom. The molecule has 0 aromatic rings. The number of hydrogen-bond donors (Lipinski definition) is 4. The maximum atomic E-state index is 12.5. The number of carbonyl (C=O) groups excluding carboxylic acids is 2. The molecular formula is C46H81NO8S. The molecule has 0 amide bonds. The van der Waals surface area contributed by atoms with Gasteiger partial charge in [-0.2, -0.15) is 0 Å². The summed E-state index contributed by atoms with van der Waals surface area (Å²) >= 11 is 1.27. The molecule has 4 atom stereocenters. The number of hydrogen-bond acceptors (Lipinski definition) is 9. The van der Waals surface area contributed by atoms with E-state index in [2.05, 4.69) is 32.1 Å². The number of unbranched alkanes of at least 4 members (excludes halogenated alkanes) is 19. The molecule has 56 heavy (non-hydrogen) atoms. The van der Waals surface area contributed by atoms with E-state index in [9.17, 15) is 24.6 Å². The molecule has 0 spiro atoms. The number of carboxylic acids is 1. The number of carboxylic acid groups (broad SMARTS) is 1. The van der Waals surface area contributed by atoms with Crippen molar-refractivity contribution in [3.63, 3.8) is 0 Å². The topological polar surface area (TPSA) is 156 Å². The van der Waals surface area contributed by atoms with E-state index < -0.39 is 35.4 Å². The minimum absolute atomic E-state index is 0.0427. The SMILES string of the molecule is CCCCC/C=C\C\C=C/C=C/C=C/[C@@H](SC[C@H](N)C(=O)OC[C@@H](O)COC(=O)CCCCCCCCCCCCCCCCCCC)[C@@H](O)CCCC(=O)O. The van der Waals surface area contributed by atoms with Crippen LogP contribution in [-0.2, 0) is 23.9 Å². The summed E-state index contributed by atoms with van der Waals surface area (Å²) in [5, 5.41) is 29.5. The molecule has 0 unspecified atom stereocenters. The minimum atomic E-state index is -1.16. The second-order valence-corrected chi connectivity index (χ2v) is 16.2. The first-order chi connectivity index (χ1) is 27.2. The third kappa shape index (κ3) is 37.2. The quantitative estimate of drug-likeness (QED) is 0.0203. The van der Waals surface area contributed by atoms with Gasteiger partial charge in [0.25, 0.3) is 0 Å². The molecule has 9 nitrogen and oxygen atoms in total. The molecule has 0 rings (SSSR count). The number of allylic oxidation sites excluding steroid dienone is 7. The molecule has 0 heterocycles. The summed E-state index contributed by atoms with van der Waals surface area (Å²) in [7, 11) is 0. The van der Waals surface area contributed by atoms with Gasteiger partial charge in [0, 0.05) is 23.8 Å². The highest BCUT2D eigenvalue weighted by atomic mass is 32.2. The van der Waals surface area contributed by atoms with Crippen LogP contribution < -0.4 is 5.73 Å². The predicted molar refractivity (Wildman–Crippen MR) is 234 cm³/mol. The van der Waals surface area contributed by atoms with E-state index in [0.29, 0.717) is 12.8 Å². The van der Waals surface area contributed by atoms with E-state index in [1.54, 1.807) is 0 Å². The fraction of sp³-hybridized carbons (Fsp3) is 0.761. The van der Waals surface area contributed by atoms with Crippen LogP contribution >= 0.6 is 11.8 Å². The maximum absolute atomic E-state index is 12.5. The van der Waals surface area contributed by atoms with Crippen LogP contribution in [0.1, 0.15) is 181 Å². The number of thioether (sulfide) groups is 1. The van der Waals surface area contributed by atoms with Crippen molar-refractivity contribution in [1.29, 1.82) is 0 Å². The van der Waals surface area contributed by atoms with Gasteiger partial charge in [-0.1, -0.05) is 178 Å². The van der Waals surface area contributed by atoms with E-state index in [-0.39, 0.29) is 37.8 Å². The summed E-state index contributed by atoms with van der Waals surface area (Å²) in [5.74, 6) is -1.86. The van der Waals surface area contributed by atoms with Crippen LogP contribution in [0.15, 0.2) is 48.6 Å². The van der Waals surface area contributed by atoms with Crippen molar-refractivity contribution in [1.82, 2.24) is 0 Å². The summed E-state index contributed by atoms with van der Waals surface area (Å²) in [5.41, 5.74) is 6.06. The van der Waals surface area contributed by atoms with Gasteiger partial charge in [0.15, 0.2) is 0 Å². The van der Waals surface area contributed by atoms with Crippen molar-refractivity contribution in [2.75, 3.05) is 19.0 Å². The number of rotatable bonds is 40. The van der Waals surface area contributed by atoms with Crippen molar-refractivity contribution < 1.29 is 39.2 Å². The smallest absolute Gasteiger partial charge is 0.323 e. The van der Waals surface area contributed by atoms with Gasteiger partial charge in [0.05, 0.1) is 6.10 Å². The highest BCUT2D eigenvalue weighted by molar-refractivity contribution is 8.00. The Kier molecular flexibility index (Phi) is 39.0. The van der Waals surface area contributed by atoms with Crippen LogP contribution in [0.5, 0.6) is 0 Å². The van der Waals surface area contributed by atoms with Gasteiger partial charge in [-0.05, 0) is 38.5 Å². The van der Waals surface area contributed by atoms with Gasteiger partial charge < -0.3 is 30.5 Å². The summed E-state index contributed by atoms with van der Waals surface area (Å²) in [6.07, 6.45) is 41.9. The van der Waals surface area contributed by atoms with E-state index in [4.69, 9.17) is 20.3 Å². The van der Waals surface area contributed by atoms with Crippen LogP contribution in [0.4, 0.5) is 0 Å². The third-order valence-electron chi connectivity index (χ3n) is 9.56. The summed E-state index contributed by atoms with van der Waals surface area (Å²) in [6.45, 7) is 3.85. The molecule has 5 N–H and O–H groups in total. The molecular weight excluding hydrogens is 727 g/mol. The van der Waals surface area contributed by atoms with E-state index in [1.807, 2.05) is 30.4 Å². The van der Waals surface area contributed by atoms with Gasteiger partial charge in [-0.15, -0.1) is 11.8 Å². The average molecular weight is 808 g/mol. The second-order valence-electron chi connectivity index (χ2n) is 15.0. The van der Waals surface area contributed by atoms with Crippen LogP contribution in [-0.4, -0.2) is 75.7 Å². The van der Waals surface area contributed by atoms with Crippen LogP contribution in [0.2, 0.25) is 0 Å². The van der Waals surface area contributed by atoms with Gasteiger partial charge >= 0.3 is 17.9 Å². The number of ether oxygens (including phenoxy) is 2. The highest BCUT2D eigenvalue weighted by Gasteiger charge is 2.23. The highest BCUT2D eigenvalue weighted by Crippen LogP contribution is 2.22. The molecule has 0 fully saturated rings. The normalized spacial score (nSPS) is 14.2. The van der Waals surface area contributed by atoms with Gasteiger partial charge in [-0.25, -0.2) is 0 Å². The van der Waals surface area contributed by atoms with Crippen LogP contribution in [0.3, 0.4) is 0 Å². The van der Waals surface area contributed by atoms with Crippen molar-refractivity contribution >= 4 is 29.7 Å². The zero-order valence-electron chi connectivity index (χ0n) is 35.3. The van der Waals surface area contributed by atoms with Crippen LogP contribution in [0, 0.1) is 0 Å². The fourth-order valence-electron chi connectivity index (χ4n) is 6.06. The number of esters is 2. The molecule has 0 aromatic carbocycles. The Hall–Kier alpha value is -2.40. The number of carbonyl (C=O) groups is 3. The molecule has 0 aliphatic rings. The van der Waals surface area contributed by atoms with E-state index in [1.165, 1.54) is 121 Å². The molecule has 0 aromatic heterocycles. The summed E-state index contributed by atoms with van der Waals surface area (Å²) in [6, 6.07) is -1.01. The maximum Gasteiger partial charge on any atom is 0.323 e.